The van der Waals surface area contributed by atoms with Gasteiger partial charge in [0.15, 0.2) is 0 Å². The van der Waals surface area contributed by atoms with Crippen LogP contribution in [0.3, 0.4) is 0 Å². The molecule has 1 saturated carbocycles. The second kappa shape index (κ2) is 7.14. The molecule has 4 nitrogen and oxygen atoms in total. The van der Waals surface area contributed by atoms with Crippen molar-refractivity contribution in [3.63, 3.8) is 0 Å². The van der Waals surface area contributed by atoms with Crippen LogP contribution in [0.15, 0.2) is 24.3 Å². The highest BCUT2D eigenvalue weighted by Gasteiger charge is 2.31. The third kappa shape index (κ3) is 4.11. The van der Waals surface area contributed by atoms with Crippen molar-refractivity contribution in [1.29, 1.82) is 5.26 Å². The molecule has 0 unspecified atom stereocenters. The van der Waals surface area contributed by atoms with Gasteiger partial charge in [-0.15, -0.1) is 0 Å². The SMILES string of the molecule is CC1CCN(CC(=O)NC2CC(c3ccc(C#N)cc3)C2)CC1. The van der Waals surface area contributed by atoms with Gasteiger partial charge in [0.1, 0.15) is 0 Å². The summed E-state index contributed by atoms with van der Waals surface area (Å²) in [6.45, 7) is 4.93. The molecule has 2 fully saturated rings. The van der Waals surface area contributed by atoms with Crippen LogP contribution in [0.25, 0.3) is 0 Å². The van der Waals surface area contributed by atoms with Crippen molar-refractivity contribution in [2.75, 3.05) is 19.6 Å². The molecule has 0 bridgehead atoms. The van der Waals surface area contributed by atoms with E-state index in [0.717, 1.165) is 31.8 Å². The van der Waals surface area contributed by atoms with E-state index in [1.807, 2.05) is 24.3 Å². The molecule has 1 aromatic rings. The topological polar surface area (TPSA) is 56.1 Å². The summed E-state index contributed by atoms with van der Waals surface area (Å²) in [5, 5.41) is 12.0. The molecule has 122 valence electrons. The van der Waals surface area contributed by atoms with Gasteiger partial charge in [-0.2, -0.15) is 5.26 Å². The minimum absolute atomic E-state index is 0.169. The van der Waals surface area contributed by atoms with Crippen molar-refractivity contribution in [2.45, 2.75) is 44.6 Å². The Hall–Kier alpha value is -1.86. The monoisotopic (exact) mass is 311 g/mol. The second-order valence-corrected chi connectivity index (χ2v) is 7.13. The van der Waals surface area contributed by atoms with Crippen LogP contribution in [0.5, 0.6) is 0 Å². The number of nitriles is 1. The third-order valence-electron chi connectivity index (χ3n) is 5.26. The smallest absolute Gasteiger partial charge is 0.234 e. The van der Waals surface area contributed by atoms with Crippen LogP contribution in [-0.2, 0) is 4.79 Å². The van der Waals surface area contributed by atoms with Crippen molar-refractivity contribution in [2.24, 2.45) is 5.92 Å². The minimum Gasteiger partial charge on any atom is -0.352 e. The molecule has 1 amide bonds. The van der Waals surface area contributed by atoms with Gasteiger partial charge in [0.2, 0.25) is 5.91 Å². The number of amides is 1. The van der Waals surface area contributed by atoms with Crippen LogP contribution >= 0.6 is 0 Å². The number of carbonyl (C=O) groups is 1. The Labute approximate surface area is 138 Å². The fraction of sp³-hybridized carbons (Fsp3) is 0.579. The summed E-state index contributed by atoms with van der Waals surface area (Å²) in [4.78, 5) is 14.4. The predicted octanol–water partition coefficient (Wildman–Crippen LogP) is 2.65. The highest BCUT2D eigenvalue weighted by atomic mass is 16.2. The lowest BCUT2D eigenvalue weighted by molar-refractivity contribution is -0.123. The van der Waals surface area contributed by atoms with Crippen LogP contribution in [0, 0.1) is 17.2 Å². The quantitative estimate of drug-likeness (QED) is 0.930. The van der Waals surface area contributed by atoms with E-state index in [2.05, 4.69) is 23.2 Å². The lowest BCUT2D eigenvalue weighted by atomic mass is 9.75. The van der Waals surface area contributed by atoms with Crippen molar-refractivity contribution in [3.05, 3.63) is 35.4 Å². The first kappa shape index (κ1) is 16.0. The summed E-state index contributed by atoms with van der Waals surface area (Å²) in [5.41, 5.74) is 1.98. The first-order valence-corrected chi connectivity index (χ1v) is 8.66. The van der Waals surface area contributed by atoms with E-state index in [1.165, 1.54) is 18.4 Å². The molecule has 3 rings (SSSR count). The van der Waals surface area contributed by atoms with Crippen LogP contribution in [-0.4, -0.2) is 36.5 Å². The van der Waals surface area contributed by atoms with Crippen LogP contribution < -0.4 is 5.32 Å². The summed E-state index contributed by atoms with van der Waals surface area (Å²) >= 11 is 0. The standard InChI is InChI=1S/C19H25N3O/c1-14-6-8-22(9-7-14)13-19(23)21-18-10-17(11-18)16-4-2-15(12-20)3-5-16/h2-5,14,17-18H,6-11,13H2,1H3,(H,21,23). The largest absolute Gasteiger partial charge is 0.352 e. The number of likely N-dealkylation sites (tertiary alicyclic amines) is 1. The highest BCUT2D eigenvalue weighted by Crippen LogP contribution is 2.36. The normalized spacial score (nSPS) is 25.4. The Bertz CT molecular complexity index is 576. The number of hydrogen-bond acceptors (Lipinski definition) is 3. The van der Waals surface area contributed by atoms with E-state index in [9.17, 15) is 4.79 Å². The Morgan fingerprint density at radius 3 is 2.52 bits per heavy atom. The number of carbonyl (C=O) groups excluding carboxylic acids is 1. The number of rotatable bonds is 4. The van der Waals surface area contributed by atoms with E-state index in [4.69, 9.17) is 5.26 Å². The lowest BCUT2D eigenvalue weighted by Gasteiger charge is -2.37. The Morgan fingerprint density at radius 1 is 1.26 bits per heavy atom. The maximum Gasteiger partial charge on any atom is 0.234 e. The molecule has 0 atom stereocenters. The van der Waals surface area contributed by atoms with Crippen molar-refractivity contribution < 1.29 is 4.79 Å². The molecule has 23 heavy (non-hydrogen) atoms. The van der Waals surface area contributed by atoms with E-state index in [1.54, 1.807) is 0 Å². The summed E-state index contributed by atoms with van der Waals surface area (Å²) < 4.78 is 0. The third-order valence-corrected chi connectivity index (χ3v) is 5.26. The van der Waals surface area contributed by atoms with Crippen molar-refractivity contribution in [1.82, 2.24) is 10.2 Å². The summed E-state index contributed by atoms with van der Waals surface area (Å²) in [6.07, 6.45) is 4.43. The molecule has 1 aliphatic carbocycles. The van der Waals surface area contributed by atoms with Gasteiger partial charge in [-0.05, 0) is 68.3 Å². The van der Waals surface area contributed by atoms with Crippen molar-refractivity contribution >= 4 is 5.91 Å². The molecule has 0 spiro atoms. The van der Waals surface area contributed by atoms with Gasteiger partial charge < -0.3 is 5.32 Å². The van der Waals surface area contributed by atoms with E-state index >= 15 is 0 Å². The molecule has 1 heterocycles. The number of benzene rings is 1. The van der Waals surface area contributed by atoms with Gasteiger partial charge in [-0.1, -0.05) is 19.1 Å². The Balaban J connectivity index is 1.39. The molecule has 1 saturated heterocycles. The average Bonchev–Trinajstić information content (AvgIpc) is 2.53. The highest BCUT2D eigenvalue weighted by molar-refractivity contribution is 5.78. The predicted molar refractivity (Wildman–Crippen MR) is 89.9 cm³/mol. The summed E-state index contributed by atoms with van der Waals surface area (Å²) in [5.74, 6) is 1.49. The Kier molecular flexibility index (Phi) is 4.97. The van der Waals surface area contributed by atoms with E-state index in [0.29, 0.717) is 24.1 Å². The zero-order valence-corrected chi connectivity index (χ0v) is 13.8. The molecule has 0 aromatic heterocycles. The number of hydrogen-bond donors (Lipinski definition) is 1. The zero-order valence-electron chi connectivity index (χ0n) is 13.8. The van der Waals surface area contributed by atoms with Crippen LogP contribution in [0.4, 0.5) is 0 Å². The first-order valence-electron chi connectivity index (χ1n) is 8.66. The van der Waals surface area contributed by atoms with Crippen molar-refractivity contribution in [3.8, 4) is 6.07 Å². The molecule has 0 radical (unpaired) electrons. The fourth-order valence-electron chi connectivity index (χ4n) is 3.53. The van der Waals surface area contributed by atoms with E-state index in [-0.39, 0.29) is 5.91 Å². The summed E-state index contributed by atoms with van der Waals surface area (Å²) in [7, 11) is 0. The average molecular weight is 311 g/mol. The molecule has 2 aliphatic rings. The molecule has 4 heteroatoms. The van der Waals surface area contributed by atoms with Crippen LogP contribution in [0.1, 0.15) is 49.7 Å². The molecular weight excluding hydrogens is 286 g/mol. The maximum absolute atomic E-state index is 12.1. The number of piperidine rings is 1. The van der Waals surface area contributed by atoms with Gasteiger partial charge in [0.25, 0.3) is 0 Å². The molecular formula is C19H25N3O. The van der Waals surface area contributed by atoms with Gasteiger partial charge >= 0.3 is 0 Å². The first-order chi connectivity index (χ1) is 11.1. The molecule has 1 aliphatic heterocycles. The number of nitrogens with one attached hydrogen (secondary N) is 1. The lowest BCUT2D eigenvalue weighted by Crippen LogP contribution is -2.48. The minimum atomic E-state index is 0.169. The zero-order chi connectivity index (χ0) is 16.2. The fourth-order valence-corrected chi connectivity index (χ4v) is 3.53. The Morgan fingerprint density at radius 2 is 1.91 bits per heavy atom. The van der Waals surface area contributed by atoms with Gasteiger partial charge in [0.05, 0.1) is 18.2 Å². The van der Waals surface area contributed by atoms with Gasteiger partial charge in [-0.25, -0.2) is 0 Å². The molecule has 1 aromatic carbocycles. The van der Waals surface area contributed by atoms with Gasteiger partial charge in [-0.3, -0.25) is 9.69 Å². The second-order valence-electron chi connectivity index (χ2n) is 7.13. The number of nitrogens with zero attached hydrogens (tertiary/aromatic N) is 2. The summed E-state index contributed by atoms with van der Waals surface area (Å²) in [6, 6.07) is 10.3. The maximum atomic E-state index is 12.1. The van der Waals surface area contributed by atoms with Crippen LogP contribution in [0.2, 0.25) is 0 Å². The van der Waals surface area contributed by atoms with Gasteiger partial charge in [0, 0.05) is 6.04 Å². The molecule has 1 N–H and O–H groups in total. The van der Waals surface area contributed by atoms with E-state index < -0.39 is 0 Å².